The van der Waals surface area contributed by atoms with Gasteiger partial charge in [-0.15, -0.1) is 0 Å². The maximum Gasteiger partial charge on any atom is 0.416 e. The van der Waals surface area contributed by atoms with Gasteiger partial charge in [-0.3, -0.25) is 4.79 Å². The molecule has 24 heavy (non-hydrogen) atoms. The Hall–Kier alpha value is -2.05. The molecule has 0 aromatic heterocycles. The van der Waals surface area contributed by atoms with Crippen LogP contribution in [0.3, 0.4) is 0 Å². The molecule has 1 fully saturated rings. The Balaban J connectivity index is 2.09. The molecule has 1 aliphatic rings. The number of hydrogen-bond acceptors (Lipinski definition) is 3. The molecule has 1 atom stereocenters. The highest BCUT2D eigenvalue weighted by Crippen LogP contribution is 2.33. The Morgan fingerprint density at radius 1 is 1.25 bits per heavy atom. The van der Waals surface area contributed by atoms with E-state index in [0.29, 0.717) is 5.56 Å². The van der Waals surface area contributed by atoms with Gasteiger partial charge >= 0.3 is 12.3 Å². The summed E-state index contributed by atoms with van der Waals surface area (Å²) in [5.74, 6) is -0.919. The Morgan fingerprint density at radius 3 is 2.46 bits per heavy atom. The van der Waals surface area contributed by atoms with Crippen LogP contribution in [0.1, 0.15) is 44.2 Å². The second-order valence-electron chi connectivity index (χ2n) is 6.83. The topological polar surface area (TPSA) is 46.6 Å². The van der Waals surface area contributed by atoms with Crippen LogP contribution < -0.4 is 0 Å². The SMILES string of the molecule is CC(C)(C)OC(=O)N1CCC(c2cccc(C(F)(F)F)c2)C(=O)C1. The summed E-state index contributed by atoms with van der Waals surface area (Å²) in [5, 5.41) is 0. The minimum absolute atomic E-state index is 0.157. The molecule has 7 heteroatoms. The fourth-order valence-corrected chi connectivity index (χ4v) is 2.59. The number of hydrogen-bond donors (Lipinski definition) is 0. The van der Waals surface area contributed by atoms with E-state index >= 15 is 0 Å². The number of likely N-dealkylation sites (tertiary alicyclic amines) is 1. The fraction of sp³-hybridized carbons (Fsp3) is 0.529. The molecule has 4 nitrogen and oxygen atoms in total. The number of ether oxygens (including phenoxy) is 1. The summed E-state index contributed by atoms with van der Waals surface area (Å²) in [6.45, 7) is 5.28. The number of piperidine rings is 1. The number of carbonyl (C=O) groups excluding carboxylic acids is 2. The van der Waals surface area contributed by atoms with Crippen LogP contribution in [0.15, 0.2) is 24.3 Å². The largest absolute Gasteiger partial charge is 0.444 e. The highest BCUT2D eigenvalue weighted by Gasteiger charge is 2.35. The number of rotatable bonds is 1. The quantitative estimate of drug-likeness (QED) is 0.774. The number of nitrogens with zero attached hydrogens (tertiary/aromatic N) is 1. The molecule has 1 aromatic rings. The lowest BCUT2D eigenvalue weighted by Crippen LogP contribution is -2.45. The van der Waals surface area contributed by atoms with E-state index in [9.17, 15) is 22.8 Å². The van der Waals surface area contributed by atoms with Gasteiger partial charge in [0.1, 0.15) is 5.60 Å². The monoisotopic (exact) mass is 343 g/mol. The highest BCUT2D eigenvalue weighted by atomic mass is 19.4. The van der Waals surface area contributed by atoms with E-state index in [1.54, 1.807) is 20.8 Å². The Kier molecular flexibility index (Phi) is 4.92. The van der Waals surface area contributed by atoms with E-state index in [4.69, 9.17) is 4.74 Å². The van der Waals surface area contributed by atoms with Gasteiger partial charge in [-0.2, -0.15) is 13.2 Å². The van der Waals surface area contributed by atoms with Crippen molar-refractivity contribution < 1.29 is 27.5 Å². The molecule has 1 amide bonds. The molecule has 132 valence electrons. The lowest BCUT2D eigenvalue weighted by atomic mass is 9.87. The van der Waals surface area contributed by atoms with Gasteiger partial charge in [0.05, 0.1) is 12.1 Å². The first kappa shape index (κ1) is 18.3. The Bertz CT molecular complexity index is 635. The van der Waals surface area contributed by atoms with Crippen molar-refractivity contribution in [1.82, 2.24) is 4.90 Å². The van der Waals surface area contributed by atoms with Gasteiger partial charge < -0.3 is 9.64 Å². The Labute approximate surface area is 138 Å². The third kappa shape index (κ3) is 4.49. The molecule has 1 aromatic carbocycles. The standard InChI is InChI=1S/C17H20F3NO3/c1-16(2,3)24-15(23)21-8-7-13(14(22)10-21)11-5-4-6-12(9-11)17(18,19)20/h4-6,9,13H,7-8,10H2,1-3H3. The summed E-state index contributed by atoms with van der Waals surface area (Å²) >= 11 is 0. The van der Waals surface area contributed by atoms with Crippen LogP contribution >= 0.6 is 0 Å². The van der Waals surface area contributed by atoms with Crippen molar-refractivity contribution in [3.8, 4) is 0 Å². The second kappa shape index (κ2) is 6.45. The van der Waals surface area contributed by atoms with Crippen LogP contribution in [0.5, 0.6) is 0 Å². The molecule has 1 aliphatic heterocycles. The number of halogens is 3. The van der Waals surface area contributed by atoms with Gasteiger partial charge in [0.25, 0.3) is 0 Å². The predicted molar refractivity (Wildman–Crippen MR) is 81.6 cm³/mol. The summed E-state index contributed by atoms with van der Waals surface area (Å²) in [6.07, 6.45) is -4.76. The predicted octanol–water partition coefficient (Wildman–Crippen LogP) is 4.00. The lowest BCUT2D eigenvalue weighted by molar-refractivity contribution is -0.137. The van der Waals surface area contributed by atoms with Crippen LogP contribution in [0.4, 0.5) is 18.0 Å². The smallest absolute Gasteiger partial charge is 0.416 e. The molecule has 0 spiro atoms. The van der Waals surface area contributed by atoms with E-state index in [-0.39, 0.29) is 25.3 Å². The van der Waals surface area contributed by atoms with Crippen LogP contribution in [0.2, 0.25) is 0 Å². The average Bonchev–Trinajstić information content (AvgIpc) is 2.44. The van der Waals surface area contributed by atoms with Gasteiger partial charge in [-0.1, -0.05) is 18.2 Å². The summed E-state index contributed by atoms with van der Waals surface area (Å²) in [5.41, 5.74) is -1.11. The van der Waals surface area contributed by atoms with Crippen LogP contribution in [-0.2, 0) is 15.7 Å². The molecule has 0 radical (unpaired) electrons. The van der Waals surface area contributed by atoms with Gasteiger partial charge in [-0.05, 0) is 38.8 Å². The molecule has 1 heterocycles. The van der Waals surface area contributed by atoms with Crippen molar-refractivity contribution in [1.29, 1.82) is 0 Å². The summed E-state index contributed by atoms with van der Waals surface area (Å²) in [4.78, 5) is 25.6. The van der Waals surface area contributed by atoms with E-state index in [1.807, 2.05) is 0 Å². The highest BCUT2D eigenvalue weighted by molar-refractivity contribution is 5.91. The molecule has 2 rings (SSSR count). The number of carbonyl (C=O) groups is 2. The van der Waals surface area contributed by atoms with E-state index in [0.717, 1.165) is 12.1 Å². The van der Waals surface area contributed by atoms with Crippen molar-refractivity contribution in [3.63, 3.8) is 0 Å². The maximum atomic E-state index is 12.8. The van der Waals surface area contributed by atoms with Gasteiger partial charge in [-0.25, -0.2) is 4.79 Å². The van der Waals surface area contributed by atoms with E-state index < -0.39 is 29.4 Å². The zero-order valence-electron chi connectivity index (χ0n) is 13.8. The Morgan fingerprint density at radius 2 is 1.92 bits per heavy atom. The number of ketones is 1. The zero-order chi connectivity index (χ0) is 18.1. The van der Waals surface area contributed by atoms with Gasteiger partial charge in [0, 0.05) is 12.5 Å². The minimum Gasteiger partial charge on any atom is -0.444 e. The number of Topliss-reactive ketones (excluding diaryl/α,β-unsaturated/α-hetero) is 1. The maximum absolute atomic E-state index is 12.8. The molecule has 0 N–H and O–H groups in total. The first-order valence-electron chi connectivity index (χ1n) is 7.65. The normalized spacial score (nSPS) is 19.3. The molecule has 0 saturated carbocycles. The van der Waals surface area contributed by atoms with Crippen molar-refractivity contribution in [2.45, 2.75) is 44.9 Å². The first-order valence-corrected chi connectivity index (χ1v) is 7.65. The van der Waals surface area contributed by atoms with Crippen LogP contribution in [-0.4, -0.2) is 35.5 Å². The summed E-state index contributed by atoms with van der Waals surface area (Å²) in [6, 6.07) is 4.79. The second-order valence-corrected chi connectivity index (χ2v) is 6.83. The van der Waals surface area contributed by atoms with Crippen molar-refractivity contribution in [3.05, 3.63) is 35.4 Å². The zero-order valence-corrected chi connectivity index (χ0v) is 13.8. The lowest BCUT2D eigenvalue weighted by Gasteiger charge is -2.32. The van der Waals surface area contributed by atoms with Crippen LogP contribution in [0, 0.1) is 0 Å². The van der Waals surface area contributed by atoms with Gasteiger partial charge in [0.15, 0.2) is 5.78 Å². The molecule has 0 bridgehead atoms. The average molecular weight is 343 g/mol. The molecule has 1 unspecified atom stereocenters. The van der Waals surface area contributed by atoms with E-state index in [2.05, 4.69) is 0 Å². The molecule has 1 saturated heterocycles. The van der Waals surface area contributed by atoms with Crippen LogP contribution in [0.25, 0.3) is 0 Å². The summed E-state index contributed by atoms with van der Waals surface area (Å²) in [7, 11) is 0. The third-order valence-corrected chi connectivity index (χ3v) is 3.69. The van der Waals surface area contributed by atoms with Crippen molar-refractivity contribution in [2.75, 3.05) is 13.1 Å². The fourth-order valence-electron chi connectivity index (χ4n) is 2.59. The molecular formula is C17H20F3NO3. The first-order chi connectivity index (χ1) is 11.0. The number of benzene rings is 1. The minimum atomic E-state index is -4.45. The number of amides is 1. The molecule has 0 aliphatic carbocycles. The van der Waals surface area contributed by atoms with Gasteiger partial charge in [0.2, 0.25) is 0 Å². The summed E-state index contributed by atoms with van der Waals surface area (Å²) < 4.78 is 43.6. The molecular weight excluding hydrogens is 323 g/mol. The third-order valence-electron chi connectivity index (χ3n) is 3.69. The van der Waals surface area contributed by atoms with Crippen molar-refractivity contribution in [2.24, 2.45) is 0 Å². The number of alkyl halides is 3. The van der Waals surface area contributed by atoms with Crippen molar-refractivity contribution >= 4 is 11.9 Å². The van der Waals surface area contributed by atoms with E-state index in [1.165, 1.54) is 17.0 Å².